The number of anilines is 1. The molecule has 138 valence electrons. The molecule has 0 spiro atoms. The molecule has 0 aliphatic heterocycles. The van der Waals surface area contributed by atoms with Gasteiger partial charge in [0.2, 0.25) is 5.91 Å². The fraction of sp³-hybridized carbons (Fsp3) is 0.263. The summed E-state index contributed by atoms with van der Waals surface area (Å²) in [4.78, 5) is 15.9. The molecule has 6 nitrogen and oxygen atoms in total. The number of hydrogen-bond acceptors (Lipinski definition) is 3. The molecule has 0 atom stereocenters. The van der Waals surface area contributed by atoms with Crippen molar-refractivity contribution in [3.63, 3.8) is 0 Å². The highest BCUT2D eigenvalue weighted by Gasteiger charge is 2.05. The molecule has 2 aromatic carbocycles. The molecule has 3 N–H and O–H groups in total. The Balaban J connectivity index is 1.67. The number of rotatable bonds is 7. The number of hydrogen-bond donors (Lipinski definition) is 3. The fourth-order valence-corrected chi connectivity index (χ4v) is 2.13. The van der Waals surface area contributed by atoms with Crippen LogP contribution in [0.25, 0.3) is 0 Å². The average molecular weight is 358 g/mol. The Kier molecular flexibility index (Phi) is 7.42. The summed E-state index contributed by atoms with van der Waals surface area (Å²) in [6.45, 7) is 3.01. The van der Waals surface area contributed by atoms with Crippen molar-refractivity contribution in [1.82, 2.24) is 10.6 Å². The summed E-state index contributed by atoms with van der Waals surface area (Å²) >= 11 is 0. The van der Waals surface area contributed by atoms with E-state index in [-0.39, 0.29) is 12.5 Å². The standard InChI is InChI=1S/C19H23FN4O2/c1-14-6-8-17(9-7-14)26-11-10-22-19(21-2)23-13-18(25)24-16-5-3-4-15(20)12-16/h3-9,12H,10-11,13H2,1-2H3,(H,24,25)(H2,21,22,23). The molecule has 0 aliphatic rings. The van der Waals surface area contributed by atoms with E-state index in [1.54, 1.807) is 13.1 Å². The maximum absolute atomic E-state index is 13.1. The lowest BCUT2D eigenvalue weighted by atomic mass is 10.2. The Hall–Kier alpha value is -3.09. The largest absolute Gasteiger partial charge is 0.492 e. The van der Waals surface area contributed by atoms with Gasteiger partial charge >= 0.3 is 0 Å². The molecule has 26 heavy (non-hydrogen) atoms. The second kappa shape index (κ2) is 10.0. The summed E-state index contributed by atoms with van der Waals surface area (Å²) in [5.74, 6) is 0.581. The molecule has 1 amide bonds. The molecule has 0 fully saturated rings. The van der Waals surface area contributed by atoms with Crippen LogP contribution >= 0.6 is 0 Å². The first-order valence-corrected chi connectivity index (χ1v) is 8.26. The Bertz CT molecular complexity index is 747. The van der Waals surface area contributed by atoms with Crippen molar-refractivity contribution in [3.8, 4) is 5.75 Å². The second-order valence-corrected chi connectivity index (χ2v) is 5.57. The van der Waals surface area contributed by atoms with E-state index in [1.165, 1.54) is 23.8 Å². The number of ether oxygens (including phenoxy) is 1. The van der Waals surface area contributed by atoms with Gasteiger partial charge in [-0.1, -0.05) is 23.8 Å². The third-order valence-electron chi connectivity index (χ3n) is 3.43. The summed E-state index contributed by atoms with van der Waals surface area (Å²) in [6, 6.07) is 13.5. The lowest BCUT2D eigenvalue weighted by Gasteiger charge is -2.12. The summed E-state index contributed by atoms with van der Waals surface area (Å²) in [5, 5.41) is 8.55. The third-order valence-corrected chi connectivity index (χ3v) is 3.43. The zero-order valence-electron chi connectivity index (χ0n) is 14.9. The monoisotopic (exact) mass is 358 g/mol. The molecule has 0 aliphatic carbocycles. The number of carbonyl (C=O) groups excluding carboxylic acids is 1. The predicted molar refractivity (Wildman–Crippen MR) is 101 cm³/mol. The van der Waals surface area contributed by atoms with Crippen LogP contribution in [-0.4, -0.2) is 38.6 Å². The van der Waals surface area contributed by atoms with Crippen LogP contribution in [0.15, 0.2) is 53.5 Å². The minimum atomic E-state index is -0.401. The van der Waals surface area contributed by atoms with Crippen LogP contribution in [0.3, 0.4) is 0 Å². The number of amides is 1. The SMILES string of the molecule is CN=C(NCCOc1ccc(C)cc1)NCC(=O)Nc1cccc(F)c1. The quantitative estimate of drug-likeness (QED) is 0.403. The van der Waals surface area contributed by atoms with Gasteiger partial charge in [-0.15, -0.1) is 0 Å². The molecule has 7 heteroatoms. The van der Waals surface area contributed by atoms with Crippen LogP contribution < -0.4 is 20.7 Å². The first-order chi connectivity index (χ1) is 12.6. The number of halogens is 1. The molecule has 0 saturated heterocycles. The number of benzene rings is 2. The maximum Gasteiger partial charge on any atom is 0.243 e. The van der Waals surface area contributed by atoms with Crippen LogP contribution in [0.2, 0.25) is 0 Å². The summed E-state index contributed by atoms with van der Waals surface area (Å²) in [6.07, 6.45) is 0. The van der Waals surface area contributed by atoms with E-state index in [2.05, 4.69) is 20.9 Å². The van der Waals surface area contributed by atoms with Gasteiger partial charge in [0.15, 0.2) is 5.96 Å². The number of nitrogens with zero attached hydrogens (tertiary/aromatic N) is 1. The Labute approximate surface area is 152 Å². The first-order valence-electron chi connectivity index (χ1n) is 8.26. The van der Waals surface area contributed by atoms with Crippen LogP contribution in [0.4, 0.5) is 10.1 Å². The lowest BCUT2D eigenvalue weighted by molar-refractivity contribution is -0.115. The van der Waals surface area contributed by atoms with E-state index >= 15 is 0 Å². The minimum absolute atomic E-state index is 0.00893. The summed E-state index contributed by atoms with van der Waals surface area (Å²) in [5.41, 5.74) is 1.59. The van der Waals surface area contributed by atoms with Crippen molar-refractivity contribution >= 4 is 17.6 Å². The Morgan fingerprint density at radius 3 is 2.62 bits per heavy atom. The highest BCUT2D eigenvalue weighted by Crippen LogP contribution is 2.10. The smallest absolute Gasteiger partial charge is 0.243 e. The van der Waals surface area contributed by atoms with E-state index < -0.39 is 5.82 Å². The van der Waals surface area contributed by atoms with Crippen molar-refractivity contribution in [2.24, 2.45) is 4.99 Å². The van der Waals surface area contributed by atoms with Gasteiger partial charge in [-0.05, 0) is 37.3 Å². The highest BCUT2D eigenvalue weighted by atomic mass is 19.1. The van der Waals surface area contributed by atoms with Crippen molar-refractivity contribution in [2.45, 2.75) is 6.92 Å². The summed E-state index contributed by atoms with van der Waals surface area (Å²) < 4.78 is 18.7. The maximum atomic E-state index is 13.1. The van der Waals surface area contributed by atoms with Gasteiger partial charge in [0, 0.05) is 12.7 Å². The van der Waals surface area contributed by atoms with Gasteiger partial charge in [0.25, 0.3) is 0 Å². The molecule has 0 aromatic heterocycles. The molecule has 0 heterocycles. The van der Waals surface area contributed by atoms with E-state index in [1.807, 2.05) is 31.2 Å². The van der Waals surface area contributed by atoms with Crippen molar-refractivity contribution < 1.29 is 13.9 Å². The second-order valence-electron chi connectivity index (χ2n) is 5.57. The lowest BCUT2D eigenvalue weighted by Crippen LogP contribution is -2.42. The van der Waals surface area contributed by atoms with E-state index in [4.69, 9.17) is 4.74 Å². The minimum Gasteiger partial charge on any atom is -0.492 e. The molecule has 0 unspecified atom stereocenters. The van der Waals surface area contributed by atoms with E-state index in [0.29, 0.717) is 24.8 Å². The van der Waals surface area contributed by atoms with Crippen LogP contribution in [0.1, 0.15) is 5.56 Å². The number of nitrogens with one attached hydrogen (secondary N) is 3. The van der Waals surface area contributed by atoms with Gasteiger partial charge in [0.05, 0.1) is 13.1 Å². The van der Waals surface area contributed by atoms with Crippen molar-refractivity contribution in [1.29, 1.82) is 0 Å². The first kappa shape index (κ1) is 19.2. The van der Waals surface area contributed by atoms with Gasteiger partial charge in [-0.2, -0.15) is 0 Å². The Morgan fingerprint density at radius 1 is 1.15 bits per heavy atom. The molecular formula is C19H23FN4O2. The van der Waals surface area contributed by atoms with Gasteiger partial charge < -0.3 is 20.7 Å². The Morgan fingerprint density at radius 2 is 1.92 bits per heavy atom. The zero-order valence-corrected chi connectivity index (χ0v) is 14.9. The highest BCUT2D eigenvalue weighted by molar-refractivity contribution is 5.94. The van der Waals surface area contributed by atoms with E-state index in [0.717, 1.165) is 5.75 Å². The predicted octanol–water partition coefficient (Wildman–Crippen LogP) is 2.32. The zero-order chi connectivity index (χ0) is 18.8. The van der Waals surface area contributed by atoms with E-state index in [9.17, 15) is 9.18 Å². The van der Waals surface area contributed by atoms with Gasteiger partial charge in [0.1, 0.15) is 18.2 Å². The molecule has 0 radical (unpaired) electrons. The topological polar surface area (TPSA) is 74.8 Å². The average Bonchev–Trinajstić information content (AvgIpc) is 2.62. The number of carbonyl (C=O) groups is 1. The van der Waals surface area contributed by atoms with Crippen molar-refractivity contribution in [2.75, 3.05) is 32.1 Å². The molecular weight excluding hydrogens is 335 g/mol. The van der Waals surface area contributed by atoms with Gasteiger partial charge in [-0.3, -0.25) is 9.79 Å². The summed E-state index contributed by atoms with van der Waals surface area (Å²) in [7, 11) is 1.61. The molecule has 0 bridgehead atoms. The third kappa shape index (κ3) is 6.80. The van der Waals surface area contributed by atoms with Crippen LogP contribution in [0.5, 0.6) is 5.75 Å². The van der Waals surface area contributed by atoms with Crippen LogP contribution in [-0.2, 0) is 4.79 Å². The molecule has 2 rings (SSSR count). The molecule has 2 aromatic rings. The number of aryl methyl sites for hydroxylation is 1. The van der Waals surface area contributed by atoms with Crippen molar-refractivity contribution in [3.05, 3.63) is 59.9 Å². The van der Waals surface area contributed by atoms with Gasteiger partial charge in [-0.25, -0.2) is 4.39 Å². The fourth-order valence-electron chi connectivity index (χ4n) is 2.13. The normalized spacial score (nSPS) is 11.0. The van der Waals surface area contributed by atoms with Crippen LogP contribution in [0, 0.1) is 12.7 Å². The number of aliphatic imine (C=N–C) groups is 1. The molecule has 0 saturated carbocycles. The number of guanidine groups is 1.